The maximum Gasteiger partial charge on any atom is 0.280 e. The molecule has 13 heteroatoms. The number of sulfonamides is 1. The molecule has 3 aromatic rings. The highest BCUT2D eigenvalue weighted by Crippen LogP contribution is 2.38. The van der Waals surface area contributed by atoms with Gasteiger partial charge in [-0.05, 0) is 29.7 Å². The van der Waals surface area contributed by atoms with E-state index < -0.39 is 16.6 Å². The molecule has 0 saturated carbocycles. The van der Waals surface area contributed by atoms with E-state index in [1.54, 1.807) is 18.2 Å². The van der Waals surface area contributed by atoms with E-state index in [1.165, 1.54) is 25.4 Å². The minimum Gasteiger partial charge on any atom is -0.497 e. The van der Waals surface area contributed by atoms with Crippen molar-refractivity contribution >= 4 is 33.4 Å². The van der Waals surface area contributed by atoms with Crippen molar-refractivity contribution in [1.82, 2.24) is 15.0 Å². The Bertz CT molecular complexity index is 1350. The van der Waals surface area contributed by atoms with E-state index >= 15 is 0 Å². The van der Waals surface area contributed by atoms with Gasteiger partial charge in [0.05, 0.1) is 32.0 Å². The number of ether oxygens (including phenoxy) is 3. The molecule has 2 N–H and O–H groups in total. The Hall–Kier alpha value is -3.19. The first kappa shape index (κ1) is 26.9. The predicted molar refractivity (Wildman–Crippen MR) is 138 cm³/mol. The lowest BCUT2D eigenvalue weighted by molar-refractivity contribution is 0.122. The molecule has 3 heterocycles. The number of aromatic nitrogens is 3. The van der Waals surface area contributed by atoms with Crippen LogP contribution in [0.15, 0.2) is 41.6 Å². The van der Waals surface area contributed by atoms with E-state index in [1.807, 2.05) is 18.7 Å². The van der Waals surface area contributed by atoms with Gasteiger partial charge in [-0.1, -0.05) is 31.5 Å². The highest BCUT2D eigenvalue weighted by Gasteiger charge is 2.26. The molecule has 1 aliphatic rings. The lowest BCUT2D eigenvalue weighted by Gasteiger charge is -2.28. The zero-order valence-electron chi connectivity index (χ0n) is 20.6. The number of hydrogen-bond donors (Lipinski definition) is 2. The fraction of sp³-hybridized carbons (Fsp3) is 0.375. The first-order valence-electron chi connectivity index (χ1n) is 11.6. The number of morpholine rings is 1. The fourth-order valence-corrected chi connectivity index (χ4v) is 4.64. The van der Waals surface area contributed by atoms with Gasteiger partial charge in [-0.2, -0.15) is 13.4 Å². The molecule has 0 spiro atoms. The molecule has 0 amide bonds. The second-order valence-corrected chi connectivity index (χ2v) is 10.5. The molecule has 37 heavy (non-hydrogen) atoms. The molecule has 0 radical (unpaired) electrons. The predicted octanol–water partition coefficient (Wildman–Crippen LogP) is 3.58. The van der Waals surface area contributed by atoms with Gasteiger partial charge in [0.1, 0.15) is 17.2 Å². The van der Waals surface area contributed by atoms with Crippen LogP contribution >= 0.6 is 11.6 Å². The molecule has 0 unspecified atom stereocenters. The number of nitrogens with one attached hydrogen (secondary N) is 1. The second-order valence-electron chi connectivity index (χ2n) is 8.49. The number of pyridine rings is 1. The summed E-state index contributed by atoms with van der Waals surface area (Å²) in [7, 11) is -2.69. The lowest BCUT2D eigenvalue weighted by atomic mass is 10.1. The van der Waals surface area contributed by atoms with Crippen LogP contribution in [0.2, 0.25) is 5.02 Å². The minimum atomic E-state index is -4.18. The van der Waals surface area contributed by atoms with E-state index in [9.17, 15) is 13.5 Å². The maximum absolute atomic E-state index is 13.3. The monoisotopic (exact) mass is 549 g/mol. The number of nitrogens with zero attached hydrogens (tertiary/aromatic N) is 4. The Morgan fingerprint density at radius 1 is 1.19 bits per heavy atom. The summed E-state index contributed by atoms with van der Waals surface area (Å²) < 4.78 is 45.7. The van der Waals surface area contributed by atoms with E-state index in [-0.39, 0.29) is 44.9 Å². The summed E-state index contributed by atoms with van der Waals surface area (Å²) in [6, 6.07) is 7.88. The zero-order valence-corrected chi connectivity index (χ0v) is 22.2. The normalized spacial score (nSPS) is 14.1. The van der Waals surface area contributed by atoms with E-state index in [0.29, 0.717) is 32.1 Å². The lowest BCUT2D eigenvalue weighted by Crippen LogP contribution is -2.37. The largest absolute Gasteiger partial charge is 0.497 e. The Morgan fingerprint density at radius 2 is 1.95 bits per heavy atom. The molecule has 11 nitrogen and oxygen atoms in total. The quantitative estimate of drug-likeness (QED) is 0.407. The van der Waals surface area contributed by atoms with E-state index in [4.69, 9.17) is 25.8 Å². The third-order valence-corrected chi connectivity index (χ3v) is 7.22. The van der Waals surface area contributed by atoms with Crippen LogP contribution in [0.4, 0.5) is 11.8 Å². The van der Waals surface area contributed by atoms with Crippen molar-refractivity contribution in [3.63, 3.8) is 0 Å². The van der Waals surface area contributed by atoms with Crippen molar-refractivity contribution in [2.75, 3.05) is 43.0 Å². The molecule has 0 aliphatic carbocycles. The number of benzene rings is 1. The summed E-state index contributed by atoms with van der Waals surface area (Å²) >= 11 is 6.32. The SMILES string of the molecule is COc1ccc(Cl)c(Oc2c(CO)nc(N3CCOCC3)nc2NS(=O)(=O)c2ccc(C(C)C)cn2)c1. The van der Waals surface area contributed by atoms with Gasteiger partial charge < -0.3 is 24.2 Å². The van der Waals surface area contributed by atoms with Crippen LogP contribution in [0.25, 0.3) is 0 Å². The second kappa shape index (κ2) is 11.5. The van der Waals surface area contributed by atoms with Crippen LogP contribution in [-0.4, -0.2) is 61.9 Å². The van der Waals surface area contributed by atoms with Gasteiger partial charge in [0, 0.05) is 25.4 Å². The summed E-state index contributed by atoms with van der Waals surface area (Å²) in [5.74, 6) is 0.768. The van der Waals surface area contributed by atoms with E-state index in [2.05, 4.69) is 19.7 Å². The number of halogens is 1. The molecular weight excluding hydrogens is 522 g/mol. The smallest absolute Gasteiger partial charge is 0.280 e. The van der Waals surface area contributed by atoms with Crippen molar-refractivity contribution in [2.45, 2.75) is 31.4 Å². The standard InChI is InChI=1S/C24H28ClN5O6S/c1-15(2)16-4-7-21(26-13-16)37(32,33)29-23-22(36-20-12-17(34-3)5-6-18(20)25)19(14-31)27-24(28-23)30-8-10-35-11-9-30/h4-7,12-13,15,31H,8-11,14H2,1-3H3,(H,27,28,29). The number of rotatable bonds is 9. The molecule has 1 aromatic carbocycles. The molecule has 1 saturated heterocycles. The molecule has 0 bridgehead atoms. The van der Waals surface area contributed by atoms with Crippen LogP contribution < -0.4 is 19.1 Å². The van der Waals surface area contributed by atoms with Crippen LogP contribution in [0.1, 0.15) is 31.0 Å². The first-order chi connectivity index (χ1) is 17.7. The topological polar surface area (TPSA) is 136 Å². The average molecular weight is 550 g/mol. The van der Waals surface area contributed by atoms with Gasteiger partial charge in [-0.25, -0.2) is 9.97 Å². The third kappa shape index (κ3) is 6.21. The Labute approximate surface area is 220 Å². The molecule has 1 aliphatic heterocycles. The Balaban J connectivity index is 1.79. The summed E-state index contributed by atoms with van der Waals surface area (Å²) in [5.41, 5.74) is 0.964. The number of aliphatic hydroxyl groups is 1. The van der Waals surface area contributed by atoms with Crippen molar-refractivity contribution in [2.24, 2.45) is 0 Å². The van der Waals surface area contributed by atoms with Gasteiger partial charge in [0.15, 0.2) is 16.6 Å². The fourth-order valence-electron chi connectivity index (χ4n) is 3.54. The number of aliphatic hydroxyl groups excluding tert-OH is 1. The first-order valence-corrected chi connectivity index (χ1v) is 13.4. The van der Waals surface area contributed by atoms with Gasteiger partial charge in [-0.15, -0.1) is 0 Å². The van der Waals surface area contributed by atoms with Crippen LogP contribution in [0.3, 0.4) is 0 Å². The van der Waals surface area contributed by atoms with Crippen molar-refractivity contribution < 1.29 is 27.7 Å². The number of anilines is 2. The summed E-state index contributed by atoms with van der Waals surface area (Å²) in [4.78, 5) is 14.9. The van der Waals surface area contributed by atoms with Crippen molar-refractivity contribution in [3.8, 4) is 17.2 Å². The van der Waals surface area contributed by atoms with Crippen molar-refractivity contribution in [1.29, 1.82) is 0 Å². The van der Waals surface area contributed by atoms with Gasteiger partial charge in [0.25, 0.3) is 10.0 Å². The van der Waals surface area contributed by atoms with Gasteiger partial charge >= 0.3 is 0 Å². The molecule has 4 rings (SSSR count). The number of methoxy groups -OCH3 is 1. The van der Waals surface area contributed by atoms with E-state index in [0.717, 1.165) is 5.56 Å². The van der Waals surface area contributed by atoms with Gasteiger partial charge in [0.2, 0.25) is 5.95 Å². The van der Waals surface area contributed by atoms with Crippen molar-refractivity contribution in [3.05, 3.63) is 52.8 Å². The van der Waals surface area contributed by atoms with Crippen LogP contribution in [0.5, 0.6) is 17.2 Å². The molecule has 0 atom stereocenters. The van der Waals surface area contributed by atoms with Crippen LogP contribution in [0, 0.1) is 0 Å². The minimum absolute atomic E-state index is 0.0659. The number of hydrogen-bond acceptors (Lipinski definition) is 10. The highest BCUT2D eigenvalue weighted by atomic mass is 35.5. The summed E-state index contributed by atoms with van der Waals surface area (Å²) in [6.45, 7) is 5.34. The van der Waals surface area contributed by atoms with Gasteiger partial charge in [-0.3, -0.25) is 4.72 Å². The molecule has 198 valence electrons. The Kier molecular flexibility index (Phi) is 8.32. The Morgan fingerprint density at radius 3 is 2.57 bits per heavy atom. The highest BCUT2D eigenvalue weighted by molar-refractivity contribution is 7.92. The average Bonchev–Trinajstić information content (AvgIpc) is 2.91. The molecule has 2 aromatic heterocycles. The summed E-state index contributed by atoms with van der Waals surface area (Å²) in [5, 5.41) is 10.2. The zero-order chi connectivity index (χ0) is 26.6. The third-order valence-electron chi connectivity index (χ3n) is 5.65. The molecular formula is C24H28ClN5O6S. The maximum atomic E-state index is 13.3. The van der Waals surface area contributed by atoms with Crippen LogP contribution in [-0.2, 0) is 21.4 Å². The summed E-state index contributed by atoms with van der Waals surface area (Å²) in [6.07, 6.45) is 1.52. The molecule has 1 fully saturated rings.